The molecule has 0 aliphatic carbocycles. The van der Waals surface area contributed by atoms with Crippen LogP contribution in [0, 0.1) is 0 Å². The minimum atomic E-state index is -0.0728. The molecule has 0 aliphatic heterocycles. The Morgan fingerprint density at radius 1 is 1.22 bits per heavy atom. The lowest BCUT2D eigenvalue weighted by Crippen LogP contribution is -2.23. The second-order valence-electron chi connectivity index (χ2n) is 3.50. The zero-order valence-corrected chi connectivity index (χ0v) is 15.4. The van der Waals surface area contributed by atoms with E-state index in [-0.39, 0.29) is 12.5 Å². The summed E-state index contributed by atoms with van der Waals surface area (Å²) in [5.74, 6) is -0.0728. The fraction of sp³-hybridized carbons (Fsp3) is 0.200. The van der Waals surface area contributed by atoms with Gasteiger partial charge in [0.25, 0.3) is 0 Å². The Morgan fingerprint density at radius 3 is 2.44 bits per heavy atom. The van der Waals surface area contributed by atoms with Crippen LogP contribution < -0.4 is 5.32 Å². The van der Waals surface area contributed by atoms with Crippen LogP contribution in [0.2, 0.25) is 0 Å². The predicted octanol–water partition coefficient (Wildman–Crippen LogP) is 3.83. The molecule has 0 aliphatic rings. The van der Waals surface area contributed by atoms with Gasteiger partial charge in [-0.3, -0.25) is 4.79 Å². The van der Waals surface area contributed by atoms with E-state index in [0.29, 0.717) is 0 Å². The van der Waals surface area contributed by atoms with Gasteiger partial charge in [0, 0.05) is 16.0 Å². The number of hydrogen-bond acceptors (Lipinski definition) is 2. The van der Waals surface area contributed by atoms with Gasteiger partial charge in [-0.05, 0) is 63.7 Å². The largest absolute Gasteiger partial charge is 0.358 e. The van der Waals surface area contributed by atoms with E-state index in [0.717, 1.165) is 28.9 Å². The van der Waals surface area contributed by atoms with E-state index in [2.05, 4.69) is 74.0 Å². The number of aromatic nitrogens is 2. The van der Waals surface area contributed by atoms with E-state index < -0.39 is 0 Å². The van der Waals surface area contributed by atoms with Crippen molar-refractivity contribution < 1.29 is 4.79 Å². The maximum atomic E-state index is 11.5. The van der Waals surface area contributed by atoms with Crippen LogP contribution in [0.4, 0.5) is 0 Å². The molecule has 0 saturated heterocycles. The first-order chi connectivity index (χ1) is 8.47. The lowest BCUT2D eigenvalue weighted by atomic mass is 10.3. The maximum Gasteiger partial charge on any atom is 0.239 e. The van der Waals surface area contributed by atoms with Crippen LogP contribution in [-0.4, -0.2) is 22.5 Å². The van der Waals surface area contributed by atoms with Gasteiger partial charge in [-0.15, -0.1) is 0 Å². The molecule has 1 N–H and O–H groups in total. The number of rotatable bonds is 2. The van der Waals surface area contributed by atoms with Gasteiger partial charge in [0.15, 0.2) is 0 Å². The summed E-state index contributed by atoms with van der Waals surface area (Å²) in [7, 11) is 1.61. The molecular formula is C10H7Br4N3O. The highest BCUT2D eigenvalue weighted by Crippen LogP contribution is 2.42. The minimum absolute atomic E-state index is 0.0728. The summed E-state index contributed by atoms with van der Waals surface area (Å²) in [6, 6.07) is 0. The number of nitrogens with zero attached hydrogens (tertiary/aromatic N) is 2. The summed E-state index contributed by atoms with van der Waals surface area (Å²) in [5, 5.41) is 2.59. The van der Waals surface area contributed by atoms with E-state index in [1.807, 2.05) is 0 Å². The van der Waals surface area contributed by atoms with Crippen molar-refractivity contribution in [2.75, 3.05) is 7.05 Å². The topological polar surface area (TPSA) is 46.9 Å². The van der Waals surface area contributed by atoms with Gasteiger partial charge >= 0.3 is 0 Å². The predicted molar refractivity (Wildman–Crippen MR) is 84.6 cm³/mol. The van der Waals surface area contributed by atoms with Crippen molar-refractivity contribution >= 4 is 80.7 Å². The van der Waals surface area contributed by atoms with Crippen molar-refractivity contribution in [2.45, 2.75) is 6.54 Å². The van der Waals surface area contributed by atoms with Gasteiger partial charge < -0.3 is 9.88 Å². The second-order valence-corrected chi connectivity index (χ2v) is 6.67. The van der Waals surface area contributed by atoms with E-state index in [1.54, 1.807) is 17.9 Å². The SMILES string of the molecule is CNC(=O)Cn1cnc2c(Br)c(Br)c(Br)c(Br)c21. The lowest BCUT2D eigenvalue weighted by molar-refractivity contribution is -0.121. The smallest absolute Gasteiger partial charge is 0.239 e. The number of benzene rings is 1. The molecule has 0 fully saturated rings. The third kappa shape index (κ3) is 2.39. The van der Waals surface area contributed by atoms with Crippen LogP contribution in [-0.2, 0) is 11.3 Å². The van der Waals surface area contributed by atoms with Crippen LogP contribution in [0.1, 0.15) is 0 Å². The van der Waals surface area contributed by atoms with Gasteiger partial charge in [-0.1, -0.05) is 0 Å². The van der Waals surface area contributed by atoms with Gasteiger partial charge in [-0.25, -0.2) is 4.98 Å². The van der Waals surface area contributed by atoms with Crippen molar-refractivity contribution in [1.82, 2.24) is 14.9 Å². The summed E-state index contributed by atoms with van der Waals surface area (Å²) >= 11 is 14.0. The minimum Gasteiger partial charge on any atom is -0.358 e. The molecule has 0 bridgehead atoms. The molecule has 1 aromatic heterocycles. The Balaban J connectivity index is 2.69. The summed E-state index contributed by atoms with van der Waals surface area (Å²) in [6.07, 6.45) is 1.65. The number of likely N-dealkylation sites (N-methyl/N-ethyl adjacent to an activating group) is 1. The molecule has 1 amide bonds. The van der Waals surface area contributed by atoms with Crippen molar-refractivity contribution in [2.24, 2.45) is 0 Å². The average Bonchev–Trinajstić information content (AvgIpc) is 2.77. The molecule has 2 aromatic rings. The molecule has 4 nitrogen and oxygen atoms in total. The molecule has 2 rings (SSSR count). The molecular weight excluding hydrogens is 498 g/mol. The van der Waals surface area contributed by atoms with E-state index >= 15 is 0 Å². The van der Waals surface area contributed by atoms with E-state index in [4.69, 9.17) is 0 Å². The molecule has 96 valence electrons. The Kier molecular flexibility index (Phi) is 4.51. The Bertz CT molecular complexity index is 638. The zero-order chi connectivity index (χ0) is 13.4. The number of nitrogens with one attached hydrogen (secondary N) is 1. The third-order valence-electron chi connectivity index (χ3n) is 2.42. The van der Waals surface area contributed by atoms with Gasteiger partial charge in [0.2, 0.25) is 5.91 Å². The first-order valence-electron chi connectivity index (χ1n) is 4.84. The molecule has 0 atom stereocenters. The van der Waals surface area contributed by atoms with Crippen LogP contribution in [0.5, 0.6) is 0 Å². The Labute approximate surface area is 137 Å². The monoisotopic (exact) mass is 501 g/mol. The summed E-state index contributed by atoms with van der Waals surface area (Å²) < 4.78 is 5.25. The normalized spacial score (nSPS) is 10.9. The fourth-order valence-electron chi connectivity index (χ4n) is 1.53. The number of halogens is 4. The summed E-state index contributed by atoms with van der Waals surface area (Å²) in [4.78, 5) is 15.8. The van der Waals surface area contributed by atoms with Crippen molar-refractivity contribution in [3.05, 3.63) is 24.2 Å². The third-order valence-corrected chi connectivity index (χ3v) is 7.15. The number of hydrogen-bond donors (Lipinski definition) is 1. The molecule has 1 aromatic carbocycles. The van der Waals surface area contributed by atoms with E-state index in [1.165, 1.54) is 0 Å². The second kappa shape index (κ2) is 5.60. The first kappa shape index (κ1) is 14.5. The van der Waals surface area contributed by atoms with Crippen LogP contribution in [0.25, 0.3) is 11.0 Å². The molecule has 18 heavy (non-hydrogen) atoms. The van der Waals surface area contributed by atoms with Crippen LogP contribution in [0.15, 0.2) is 24.2 Å². The first-order valence-corrected chi connectivity index (χ1v) is 8.02. The highest BCUT2D eigenvalue weighted by atomic mass is 79.9. The Morgan fingerprint density at radius 2 is 1.83 bits per heavy atom. The van der Waals surface area contributed by atoms with Gasteiger partial charge in [-0.2, -0.15) is 0 Å². The quantitative estimate of drug-likeness (QED) is 0.499. The van der Waals surface area contributed by atoms with Gasteiger partial charge in [0.1, 0.15) is 12.1 Å². The molecule has 8 heteroatoms. The molecule has 0 unspecified atom stereocenters. The number of fused-ring (bicyclic) bond motifs is 1. The molecule has 0 saturated carbocycles. The van der Waals surface area contributed by atoms with Crippen molar-refractivity contribution in [3.63, 3.8) is 0 Å². The van der Waals surface area contributed by atoms with E-state index in [9.17, 15) is 4.79 Å². The highest BCUT2D eigenvalue weighted by Gasteiger charge is 2.18. The number of imidazole rings is 1. The van der Waals surface area contributed by atoms with Crippen molar-refractivity contribution in [1.29, 1.82) is 0 Å². The number of amides is 1. The maximum absolute atomic E-state index is 11.5. The zero-order valence-electron chi connectivity index (χ0n) is 9.10. The van der Waals surface area contributed by atoms with Crippen LogP contribution in [0.3, 0.4) is 0 Å². The lowest BCUT2D eigenvalue weighted by Gasteiger charge is -2.08. The van der Waals surface area contributed by atoms with Gasteiger partial charge in [0.05, 0.1) is 20.8 Å². The molecule has 1 heterocycles. The van der Waals surface area contributed by atoms with Crippen LogP contribution >= 0.6 is 63.7 Å². The molecule has 0 radical (unpaired) electrons. The highest BCUT2D eigenvalue weighted by molar-refractivity contribution is 9.15. The Hall–Kier alpha value is 0.0800. The summed E-state index contributed by atoms with van der Waals surface area (Å²) in [5.41, 5.74) is 1.65. The number of carbonyl (C=O) groups excluding carboxylic acids is 1. The summed E-state index contributed by atoms with van der Waals surface area (Å²) in [6.45, 7) is 0.228. The fourth-order valence-corrected chi connectivity index (χ4v) is 3.93. The molecule has 0 spiro atoms. The average molecular weight is 505 g/mol. The standard InChI is InChI=1S/C10H7Br4N3O/c1-15-4(18)2-17-3-16-9-7(13)5(11)6(12)8(14)10(9)17/h3H,2H2,1H3,(H,15,18). The number of carbonyl (C=O) groups is 1. The van der Waals surface area contributed by atoms with Crippen molar-refractivity contribution in [3.8, 4) is 0 Å².